The van der Waals surface area contributed by atoms with Crippen LogP contribution >= 0.6 is 11.8 Å². The number of anilines is 1. The number of hydrogen-bond donors (Lipinski definition) is 6. The van der Waals surface area contributed by atoms with Crippen molar-refractivity contribution in [1.82, 2.24) is 21.3 Å². The lowest BCUT2D eigenvalue weighted by Crippen LogP contribution is -2.44. The van der Waals surface area contributed by atoms with E-state index in [9.17, 15) is 14.4 Å². The third-order valence-electron chi connectivity index (χ3n) is 6.91. The molecule has 2 heterocycles. The maximum absolute atomic E-state index is 12.4. The first-order valence-electron chi connectivity index (χ1n) is 14.6. The van der Waals surface area contributed by atoms with Gasteiger partial charge in [0.1, 0.15) is 0 Å². The Morgan fingerprint density at radius 1 is 1.10 bits per heavy atom. The molecule has 0 radical (unpaired) electrons. The van der Waals surface area contributed by atoms with Gasteiger partial charge < -0.3 is 32.1 Å². The van der Waals surface area contributed by atoms with E-state index < -0.39 is 5.54 Å². The summed E-state index contributed by atoms with van der Waals surface area (Å²) in [6.07, 6.45) is 4.38. The molecule has 2 aliphatic rings. The van der Waals surface area contributed by atoms with Crippen LogP contribution in [-0.4, -0.2) is 65.2 Å². The molecule has 0 spiro atoms. The van der Waals surface area contributed by atoms with Crippen LogP contribution in [0.1, 0.15) is 77.1 Å². The Kier molecular flexibility index (Phi) is 14.3. The van der Waals surface area contributed by atoms with Crippen LogP contribution < -0.4 is 27.0 Å². The molecule has 2 aliphatic heterocycles. The molecule has 0 saturated carbocycles. The summed E-state index contributed by atoms with van der Waals surface area (Å²) in [5, 5.41) is 22.3. The Morgan fingerprint density at radius 3 is 2.32 bits per heavy atom. The number of fused-ring (bicyclic) bond motifs is 2. The second-order valence-corrected chi connectivity index (χ2v) is 12.6. The van der Waals surface area contributed by atoms with E-state index in [4.69, 9.17) is 10.8 Å². The van der Waals surface area contributed by atoms with Gasteiger partial charge in [-0.05, 0) is 56.5 Å². The topological polar surface area (TPSA) is 146 Å². The van der Waals surface area contributed by atoms with Gasteiger partial charge in [0.05, 0.1) is 12.1 Å². The molecule has 2 saturated heterocycles. The van der Waals surface area contributed by atoms with Gasteiger partial charge in [0.15, 0.2) is 0 Å². The molecule has 10 heteroatoms. The van der Waals surface area contributed by atoms with Crippen molar-refractivity contribution in [2.75, 3.05) is 30.4 Å². The molecule has 0 aromatic heterocycles. The third kappa shape index (κ3) is 11.8. The Balaban J connectivity index is 0.000000237. The average Bonchev–Trinajstić information content (AvgIpc) is 3.49. The second kappa shape index (κ2) is 17.1. The van der Waals surface area contributed by atoms with Gasteiger partial charge in [-0.25, -0.2) is 4.79 Å². The number of carbonyl (C=O) groups is 3. The molecule has 228 valence electrons. The highest BCUT2D eigenvalue weighted by Crippen LogP contribution is 2.25. The molecule has 2 atom stereocenters. The van der Waals surface area contributed by atoms with Crippen LogP contribution in [0.4, 0.5) is 10.5 Å². The Bertz CT molecular complexity index is 1130. The number of carbonyl (C=O) groups excluding carboxylic acids is 3. The van der Waals surface area contributed by atoms with Crippen LogP contribution in [0.3, 0.4) is 0 Å². The second-order valence-electron chi connectivity index (χ2n) is 11.6. The third-order valence-corrected chi connectivity index (χ3v) is 8.10. The lowest BCUT2D eigenvalue weighted by molar-refractivity contribution is -0.121. The summed E-state index contributed by atoms with van der Waals surface area (Å²) >= 11 is 1.89. The number of nitrogens with two attached hydrogens (primary N) is 1. The molecule has 2 fully saturated rings. The van der Waals surface area contributed by atoms with Gasteiger partial charge in [0, 0.05) is 53.3 Å². The highest BCUT2D eigenvalue weighted by Gasteiger charge is 2.35. The van der Waals surface area contributed by atoms with Crippen LogP contribution in [0, 0.1) is 5.92 Å². The van der Waals surface area contributed by atoms with Gasteiger partial charge in [-0.15, -0.1) is 0 Å². The standard InChI is InChI=1S/C16H20N2O2.C10H21NO.C5H8N2OS/c1-16(2,9-10-19)18-15(20)13-7-8-14(17)12-6-4-3-5-11(12)13;1-4-5-6-10(12)11-8-7-9(2)3;8-5-6-3-1-9-2-4(3)7-5/h3-8,19H,9-10,17H2,1-2H3,(H,18,20);9H,4-8H2,1-3H3,(H,11,12);3-4H,1-2H2,(H2,6,7,8). The Hall–Kier alpha value is -2.98. The number of nitrogen functional groups attached to an aromatic ring is 1. The molecular weight excluding hydrogens is 538 g/mol. The molecule has 2 aromatic carbocycles. The molecule has 2 aromatic rings. The van der Waals surface area contributed by atoms with E-state index in [0.717, 1.165) is 48.1 Å². The Morgan fingerprint density at radius 2 is 1.73 bits per heavy atom. The van der Waals surface area contributed by atoms with Crippen molar-refractivity contribution >= 4 is 46.1 Å². The summed E-state index contributed by atoms with van der Waals surface area (Å²) in [6.45, 7) is 11.1. The number of nitrogens with one attached hydrogen (secondary N) is 4. The zero-order chi connectivity index (χ0) is 30.4. The fraction of sp³-hybridized carbons (Fsp3) is 0.581. The average molecular weight is 588 g/mol. The van der Waals surface area contributed by atoms with Gasteiger partial charge in [-0.1, -0.05) is 51.5 Å². The summed E-state index contributed by atoms with van der Waals surface area (Å²) in [4.78, 5) is 34.1. The molecule has 9 nitrogen and oxygen atoms in total. The SMILES string of the molecule is CC(C)(CCO)NC(=O)c1ccc(N)c2ccccc12.CCCCC(=O)NCCC(C)C.O=C1NC2CSCC2N1. The number of rotatable bonds is 10. The first kappa shape index (κ1) is 34.2. The maximum Gasteiger partial charge on any atom is 0.315 e. The first-order valence-corrected chi connectivity index (χ1v) is 15.7. The monoisotopic (exact) mass is 587 g/mol. The first-order chi connectivity index (χ1) is 19.5. The zero-order valence-corrected chi connectivity index (χ0v) is 26.0. The number of thioether (sulfide) groups is 1. The molecule has 7 N–H and O–H groups in total. The van der Waals surface area contributed by atoms with E-state index in [2.05, 4.69) is 42.0 Å². The summed E-state index contributed by atoms with van der Waals surface area (Å²) in [7, 11) is 0. The number of hydrogen-bond acceptors (Lipinski definition) is 6. The van der Waals surface area contributed by atoms with E-state index in [1.54, 1.807) is 12.1 Å². The maximum atomic E-state index is 12.4. The predicted octanol–water partition coefficient (Wildman–Crippen LogP) is 4.43. The minimum Gasteiger partial charge on any atom is -0.398 e. The van der Waals surface area contributed by atoms with Gasteiger partial charge >= 0.3 is 6.03 Å². The molecule has 4 rings (SSSR count). The number of benzene rings is 2. The molecule has 4 amide bonds. The molecule has 0 aliphatic carbocycles. The van der Waals surface area contributed by atoms with Crippen molar-refractivity contribution in [2.24, 2.45) is 5.92 Å². The highest BCUT2D eigenvalue weighted by atomic mass is 32.2. The summed E-state index contributed by atoms with van der Waals surface area (Å²) < 4.78 is 0. The van der Waals surface area contributed by atoms with E-state index in [1.165, 1.54) is 0 Å². The van der Waals surface area contributed by atoms with Crippen molar-refractivity contribution in [3.05, 3.63) is 42.0 Å². The number of aliphatic hydroxyl groups is 1. The molecule has 0 bridgehead atoms. The highest BCUT2D eigenvalue weighted by molar-refractivity contribution is 7.99. The fourth-order valence-corrected chi connectivity index (χ4v) is 5.66. The van der Waals surface area contributed by atoms with Crippen LogP contribution in [-0.2, 0) is 4.79 Å². The van der Waals surface area contributed by atoms with Gasteiger partial charge in [0.2, 0.25) is 5.91 Å². The minimum atomic E-state index is -0.450. The number of aliphatic hydroxyl groups excluding tert-OH is 1. The van der Waals surface area contributed by atoms with Crippen LogP contribution in [0.5, 0.6) is 0 Å². The van der Waals surface area contributed by atoms with Crippen LogP contribution in [0.15, 0.2) is 36.4 Å². The quantitative estimate of drug-likeness (QED) is 0.179. The molecular formula is C31H49N5O4S. The lowest BCUT2D eigenvalue weighted by atomic mass is 9.98. The smallest absolute Gasteiger partial charge is 0.315 e. The zero-order valence-electron chi connectivity index (χ0n) is 25.2. The van der Waals surface area contributed by atoms with Gasteiger partial charge in [0.25, 0.3) is 5.91 Å². The normalized spacial score (nSPS) is 17.4. The summed E-state index contributed by atoms with van der Waals surface area (Å²) in [5.74, 6) is 2.88. The van der Waals surface area contributed by atoms with Crippen molar-refractivity contribution in [2.45, 2.75) is 84.3 Å². The largest absolute Gasteiger partial charge is 0.398 e. The van der Waals surface area contributed by atoms with Gasteiger partial charge in [-0.2, -0.15) is 11.8 Å². The predicted molar refractivity (Wildman–Crippen MR) is 170 cm³/mol. The van der Waals surface area contributed by atoms with Crippen molar-refractivity contribution in [3.63, 3.8) is 0 Å². The van der Waals surface area contributed by atoms with E-state index in [1.807, 2.05) is 49.9 Å². The minimum absolute atomic E-state index is 0.00491. The summed E-state index contributed by atoms with van der Waals surface area (Å²) in [6, 6.07) is 11.9. The summed E-state index contributed by atoms with van der Waals surface area (Å²) in [5.41, 5.74) is 6.74. The van der Waals surface area contributed by atoms with Crippen molar-refractivity contribution in [1.29, 1.82) is 0 Å². The molecule has 2 unspecified atom stereocenters. The lowest BCUT2D eigenvalue weighted by Gasteiger charge is -2.25. The Labute approximate surface area is 249 Å². The van der Waals surface area contributed by atoms with Gasteiger partial charge in [-0.3, -0.25) is 9.59 Å². The number of amides is 4. The number of unbranched alkanes of at least 4 members (excludes halogenated alkanes) is 1. The van der Waals surface area contributed by atoms with E-state index >= 15 is 0 Å². The van der Waals surface area contributed by atoms with E-state index in [0.29, 0.717) is 42.1 Å². The van der Waals surface area contributed by atoms with Crippen LogP contribution in [0.2, 0.25) is 0 Å². The fourth-order valence-electron chi connectivity index (χ4n) is 4.38. The van der Waals surface area contributed by atoms with Crippen molar-refractivity contribution < 1.29 is 19.5 Å². The van der Waals surface area contributed by atoms with E-state index in [-0.39, 0.29) is 24.5 Å². The number of urea groups is 1. The van der Waals surface area contributed by atoms with Crippen LogP contribution in [0.25, 0.3) is 10.8 Å². The molecule has 41 heavy (non-hydrogen) atoms. The van der Waals surface area contributed by atoms with Crippen molar-refractivity contribution in [3.8, 4) is 0 Å².